The van der Waals surface area contributed by atoms with E-state index in [-0.39, 0.29) is 0 Å². The van der Waals surface area contributed by atoms with Gasteiger partial charge in [-0.1, -0.05) is 194 Å². The third-order valence-electron chi connectivity index (χ3n) is 9.68. The highest BCUT2D eigenvalue weighted by Crippen LogP contribution is 2.51. The summed E-state index contributed by atoms with van der Waals surface area (Å²) in [6.07, 6.45) is 0. The van der Waals surface area contributed by atoms with Gasteiger partial charge in [0.05, 0.1) is 0 Å². The van der Waals surface area contributed by atoms with Crippen molar-refractivity contribution in [3.8, 4) is 55.6 Å². The minimum atomic E-state index is 1.21. The molecule has 0 atom stereocenters. The van der Waals surface area contributed by atoms with Gasteiger partial charge in [0, 0.05) is 0 Å². The molecule has 0 N–H and O–H groups in total. The van der Waals surface area contributed by atoms with Crippen LogP contribution < -0.4 is 0 Å². The second kappa shape index (κ2) is 11.8. The summed E-state index contributed by atoms with van der Waals surface area (Å²) in [6, 6.07) is 70.8. The lowest BCUT2D eigenvalue weighted by atomic mass is 9.79. The van der Waals surface area contributed by atoms with E-state index in [1.807, 2.05) is 0 Å². The molecule has 0 bridgehead atoms. The van der Waals surface area contributed by atoms with E-state index in [4.69, 9.17) is 0 Å². The molecule has 9 aromatic rings. The van der Waals surface area contributed by atoms with Gasteiger partial charge in [-0.05, 0) is 88.0 Å². The molecule has 0 fully saturated rings. The van der Waals surface area contributed by atoms with Crippen LogP contribution in [0, 0.1) is 0 Å². The van der Waals surface area contributed by atoms with Gasteiger partial charge in [0.2, 0.25) is 0 Å². The first-order chi connectivity index (χ1) is 23.9. The van der Waals surface area contributed by atoms with Crippen molar-refractivity contribution in [3.05, 3.63) is 194 Å². The molecule has 0 unspecified atom stereocenters. The summed E-state index contributed by atoms with van der Waals surface area (Å²) in [5.74, 6) is 0. The monoisotopic (exact) mass is 608 g/mol. The molecule has 0 aliphatic rings. The second-order valence-corrected chi connectivity index (χ2v) is 12.4. The Morgan fingerprint density at radius 1 is 0.208 bits per heavy atom. The Bertz CT molecular complexity index is 2570. The average Bonchev–Trinajstić information content (AvgIpc) is 3.17. The Balaban J connectivity index is 1.56. The fourth-order valence-corrected chi connectivity index (χ4v) is 7.62. The maximum atomic E-state index is 2.34. The van der Waals surface area contributed by atoms with Crippen molar-refractivity contribution in [2.75, 3.05) is 0 Å². The van der Waals surface area contributed by atoms with Crippen LogP contribution in [0.2, 0.25) is 0 Å². The number of benzene rings is 9. The Labute approximate surface area is 281 Å². The number of fused-ring (bicyclic) bond motifs is 3. The van der Waals surface area contributed by atoms with Crippen LogP contribution >= 0.6 is 0 Å². The summed E-state index contributed by atoms with van der Waals surface area (Å²) in [6.45, 7) is 0. The van der Waals surface area contributed by atoms with Gasteiger partial charge >= 0.3 is 0 Å². The van der Waals surface area contributed by atoms with Crippen LogP contribution in [0.3, 0.4) is 0 Å². The van der Waals surface area contributed by atoms with E-state index < -0.39 is 0 Å². The van der Waals surface area contributed by atoms with Gasteiger partial charge in [0.1, 0.15) is 0 Å². The van der Waals surface area contributed by atoms with E-state index >= 15 is 0 Å². The van der Waals surface area contributed by atoms with Gasteiger partial charge in [0.15, 0.2) is 0 Å². The molecular weight excluding hydrogens is 577 g/mol. The highest BCUT2D eigenvalue weighted by atomic mass is 14.3. The quantitative estimate of drug-likeness (QED) is 0.171. The molecule has 0 saturated heterocycles. The first-order valence-electron chi connectivity index (χ1n) is 16.6. The van der Waals surface area contributed by atoms with Gasteiger partial charge in [0.25, 0.3) is 0 Å². The molecule has 0 spiro atoms. The minimum absolute atomic E-state index is 1.21. The van der Waals surface area contributed by atoms with Crippen molar-refractivity contribution < 1.29 is 0 Å². The maximum Gasteiger partial charge on any atom is -0.00137 e. The fourth-order valence-electron chi connectivity index (χ4n) is 7.62. The highest BCUT2D eigenvalue weighted by Gasteiger charge is 2.24. The number of hydrogen-bond donors (Lipinski definition) is 0. The van der Waals surface area contributed by atoms with E-state index in [0.717, 1.165) is 0 Å². The summed E-state index contributed by atoms with van der Waals surface area (Å²) < 4.78 is 0. The zero-order chi connectivity index (χ0) is 31.9. The molecule has 0 saturated carbocycles. The van der Waals surface area contributed by atoms with Crippen LogP contribution in [-0.4, -0.2) is 0 Å². The van der Waals surface area contributed by atoms with Crippen LogP contribution in [-0.2, 0) is 0 Å². The summed E-state index contributed by atoms with van der Waals surface area (Å²) in [5, 5.41) is 7.54. The van der Waals surface area contributed by atoms with Crippen LogP contribution in [0.1, 0.15) is 0 Å². The smallest absolute Gasteiger partial charge is 0.00137 e. The van der Waals surface area contributed by atoms with Crippen molar-refractivity contribution in [2.24, 2.45) is 0 Å². The molecule has 0 heteroatoms. The summed E-state index contributed by atoms with van der Waals surface area (Å²) in [5.41, 5.74) is 12.4. The Hall–Kier alpha value is -6.24. The third kappa shape index (κ3) is 4.62. The first-order valence-corrected chi connectivity index (χ1v) is 16.6. The van der Waals surface area contributed by atoms with Crippen molar-refractivity contribution >= 4 is 32.3 Å². The van der Waals surface area contributed by atoms with Crippen molar-refractivity contribution in [1.82, 2.24) is 0 Å². The zero-order valence-corrected chi connectivity index (χ0v) is 26.5. The van der Waals surface area contributed by atoms with E-state index in [1.54, 1.807) is 0 Å². The molecule has 9 rings (SSSR count). The van der Waals surface area contributed by atoms with Crippen LogP contribution in [0.4, 0.5) is 0 Å². The fraction of sp³-hybridized carbons (Fsp3) is 0. The lowest BCUT2D eigenvalue weighted by molar-refractivity contribution is 1.60. The number of rotatable bonds is 5. The van der Waals surface area contributed by atoms with E-state index in [9.17, 15) is 0 Å². The van der Waals surface area contributed by atoms with Crippen molar-refractivity contribution in [3.63, 3.8) is 0 Å². The Morgan fingerprint density at radius 3 is 1.15 bits per heavy atom. The molecule has 9 aromatic carbocycles. The molecule has 48 heavy (non-hydrogen) atoms. The third-order valence-corrected chi connectivity index (χ3v) is 9.68. The largest absolute Gasteiger partial charge is 0.0622 e. The zero-order valence-electron chi connectivity index (χ0n) is 26.5. The van der Waals surface area contributed by atoms with Gasteiger partial charge in [-0.25, -0.2) is 0 Å². The van der Waals surface area contributed by atoms with Gasteiger partial charge in [-0.3, -0.25) is 0 Å². The molecule has 0 nitrogen and oxygen atoms in total. The summed E-state index contributed by atoms with van der Waals surface area (Å²) in [7, 11) is 0. The average molecular weight is 609 g/mol. The number of hydrogen-bond acceptors (Lipinski definition) is 0. The van der Waals surface area contributed by atoms with Gasteiger partial charge in [-0.2, -0.15) is 0 Å². The van der Waals surface area contributed by atoms with E-state index in [0.29, 0.717) is 0 Å². The highest BCUT2D eigenvalue weighted by molar-refractivity contribution is 6.29. The topological polar surface area (TPSA) is 0 Å². The SMILES string of the molecule is c1ccc(-c2ccccc2-c2c3cccc(-c4ccccc4)c3c(-c3cccc4ccccc34)c3cccc(-c4ccccc4)c23)cc1. The normalized spacial score (nSPS) is 11.3. The van der Waals surface area contributed by atoms with Crippen molar-refractivity contribution in [1.29, 1.82) is 0 Å². The predicted molar refractivity (Wildman–Crippen MR) is 206 cm³/mol. The standard InChI is InChI=1S/C48H32/c1-4-17-33(18-5-1)37-26-12-13-27-41(37)47-43-31-15-29-40(36-21-8-3-9-22-36)46(43)48(42-30-14-24-34-23-10-11-25-38(34)42)44-32-16-28-39(45(44)47)35-19-6-2-7-20-35/h1-32H. The summed E-state index contributed by atoms with van der Waals surface area (Å²) in [4.78, 5) is 0. The van der Waals surface area contributed by atoms with Crippen LogP contribution in [0.15, 0.2) is 194 Å². The first kappa shape index (κ1) is 28.0. The minimum Gasteiger partial charge on any atom is -0.0622 e. The Morgan fingerprint density at radius 2 is 0.562 bits per heavy atom. The lowest BCUT2D eigenvalue weighted by Gasteiger charge is -2.24. The van der Waals surface area contributed by atoms with E-state index in [1.165, 1.54) is 88.0 Å². The molecule has 0 amide bonds. The molecule has 0 aliphatic heterocycles. The molecule has 0 heterocycles. The van der Waals surface area contributed by atoms with Gasteiger partial charge < -0.3 is 0 Å². The Kier molecular flexibility index (Phi) is 6.91. The maximum absolute atomic E-state index is 2.34. The lowest BCUT2D eigenvalue weighted by Crippen LogP contribution is -1.96. The molecule has 0 radical (unpaired) electrons. The molecular formula is C48H32. The summed E-state index contributed by atoms with van der Waals surface area (Å²) >= 11 is 0. The van der Waals surface area contributed by atoms with Crippen LogP contribution in [0.5, 0.6) is 0 Å². The van der Waals surface area contributed by atoms with Crippen molar-refractivity contribution in [2.45, 2.75) is 0 Å². The van der Waals surface area contributed by atoms with E-state index in [2.05, 4.69) is 194 Å². The molecule has 0 aromatic heterocycles. The van der Waals surface area contributed by atoms with Gasteiger partial charge in [-0.15, -0.1) is 0 Å². The predicted octanol–water partition coefficient (Wildman–Crippen LogP) is 13.5. The molecule has 224 valence electrons. The van der Waals surface area contributed by atoms with Crippen LogP contribution in [0.25, 0.3) is 88.0 Å². The molecule has 0 aliphatic carbocycles. The second-order valence-electron chi connectivity index (χ2n) is 12.4.